The Bertz CT molecular complexity index is 4630. The van der Waals surface area contributed by atoms with Gasteiger partial charge in [-0.2, -0.15) is 0 Å². The van der Waals surface area contributed by atoms with Gasteiger partial charge in [-0.05, 0) is 0 Å². The zero-order valence-electron chi connectivity index (χ0n) is 44.0. The standard InChI is InChI=1S/C74H46N4O2Se2/c1-5-21-47(22-6-1)75(48-23-7-2-8-24-48)51-37-39-55-59(41-51)73(77-61-31-15-17-33-65(61)79-67-43-57-53-29-13-19-35-69(53)81-71(57)45-63(67)77)56-40-38-52(76(49-25-9-3-10-26-49)50-27-11-4-12-28-50)42-60(56)74(55)78-62-32-16-18-34-66(62)80-68-44-58-54-30-14-20-36-70(54)82-72(58)46-64(68)78/h1-46H. The van der Waals surface area contributed by atoms with E-state index in [2.05, 4.69) is 299 Å². The van der Waals surface area contributed by atoms with Crippen LogP contribution in [0.2, 0.25) is 0 Å². The third-order valence-corrected chi connectivity index (χ3v) is 20.9. The van der Waals surface area contributed by atoms with Crippen LogP contribution in [0, 0.1) is 0 Å². The number of fused-ring (bicyclic) bond motifs is 12. The van der Waals surface area contributed by atoms with Gasteiger partial charge in [-0.25, -0.2) is 0 Å². The van der Waals surface area contributed by atoms with Crippen LogP contribution in [-0.2, 0) is 0 Å². The number of hydrogen-bond acceptors (Lipinski definition) is 6. The molecule has 0 saturated carbocycles. The Morgan fingerprint density at radius 2 is 0.585 bits per heavy atom. The summed E-state index contributed by atoms with van der Waals surface area (Å²) in [6.07, 6.45) is 0. The summed E-state index contributed by atoms with van der Waals surface area (Å²) < 4.78 is 19.7. The number of nitrogens with zero attached hydrogens (tertiary/aromatic N) is 4. The van der Waals surface area contributed by atoms with Crippen molar-refractivity contribution >= 4 is 157 Å². The van der Waals surface area contributed by atoms with Crippen molar-refractivity contribution in [2.24, 2.45) is 0 Å². The van der Waals surface area contributed by atoms with Crippen LogP contribution in [-0.4, -0.2) is 29.0 Å². The fourth-order valence-corrected chi connectivity index (χ4v) is 17.3. The molecule has 0 aliphatic carbocycles. The van der Waals surface area contributed by atoms with Crippen molar-refractivity contribution in [3.05, 3.63) is 279 Å². The number of rotatable bonds is 8. The molecule has 0 N–H and O–H groups in total. The molecule has 0 atom stereocenters. The van der Waals surface area contributed by atoms with Gasteiger partial charge in [0.25, 0.3) is 0 Å². The third-order valence-electron chi connectivity index (χ3n) is 16.1. The molecule has 8 heteroatoms. The molecule has 0 unspecified atom stereocenters. The zero-order chi connectivity index (χ0) is 53.8. The van der Waals surface area contributed by atoms with E-state index in [1.165, 1.54) is 38.6 Å². The summed E-state index contributed by atoms with van der Waals surface area (Å²) >= 11 is 0.202. The summed E-state index contributed by atoms with van der Waals surface area (Å²) in [5.74, 6) is 3.25. The first kappa shape index (κ1) is 47.1. The van der Waals surface area contributed by atoms with Crippen molar-refractivity contribution in [1.29, 1.82) is 0 Å². The van der Waals surface area contributed by atoms with Crippen molar-refractivity contribution in [1.82, 2.24) is 0 Å². The average Bonchev–Trinajstić information content (AvgIpc) is 2.18. The molecule has 82 heavy (non-hydrogen) atoms. The molecule has 0 saturated heterocycles. The quantitative estimate of drug-likeness (QED) is 0.111. The van der Waals surface area contributed by atoms with Gasteiger partial charge in [0, 0.05) is 0 Å². The number of hydrogen-bond donors (Lipinski definition) is 0. The molecule has 2 aliphatic heterocycles. The Labute approximate surface area is 485 Å². The van der Waals surface area contributed by atoms with Crippen LogP contribution in [0.4, 0.5) is 68.2 Å². The van der Waals surface area contributed by atoms with Crippen molar-refractivity contribution in [3.63, 3.8) is 0 Å². The molecular formula is C74H46N4O2Se2. The van der Waals surface area contributed by atoms with E-state index in [4.69, 9.17) is 9.47 Å². The monoisotopic (exact) mass is 1180 g/mol. The Morgan fingerprint density at radius 1 is 0.232 bits per heavy atom. The normalized spacial score (nSPS) is 12.5. The summed E-state index contributed by atoms with van der Waals surface area (Å²) in [6, 6.07) is 101. The molecule has 0 radical (unpaired) electrons. The van der Waals surface area contributed by atoms with Crippen molar-refractivity contribution in [2.75, 3.05) is 19.6 Å². The van der Waals surface area contributed by atoms with E-state index in [0.717, 1.165) is 113 Å². The second-order valence-electron chi connectivity index (χ2n) is 20.8. The van der Waals surface area contributed by atoms with Gasteiger partial charge in [0.05, 0.1) is 0 Å². The van der Waals surface area contributed by atoms with Crippen LogP contribution in [0.25, 0.3) is 60.1 Å². The fourth-order valence-electron chi connectivity index (χ4n) is 12.6. The predicted molar refractivity (Wildman–Crippen MR) is 344 cm³/mol. The summed E-state index contributed by atoms with van der Waals surface area (Å²) in [7, 11) is 0. The van der Waals surface area contributed by atoms with Crippen molar-refractivity contribution < 1.29 is 9.47 Å². The molecule has 2 aliphatic rings. The second kappa shape index (κ2) is 18.9. The molecule has 13 aromatic carbocycles. The van der Waals surface area contributed by atoms with Gasteiger partial charge >= 0.3 is 464 Å². The van der Waals surface area contributed by atoms with Crippen molar-refractivity contribution in [2.45, 2.75) is 0 Å². The topological polar surface area (TPSA) is 31.4 Å². The van der Waals surface area contributed by atoms with Crippen molar-refractivity contribution in [3.8, 4) is 23.0 Å². The predicted octanol–water partition coefficient (Wildman–Crippen LogP) is 20.8. The minimum absolute atomic E-state index is 0.101. The second-order valence-corrected chi connectivity index (χ2v) is 25.4. The van der Waals surface area contributed by atoms with E-state index in [0.29, 0.717) is 0 Å². The first-order valence-electron chi connectivity index (χ1n) is 27.6. The number of ether oxygens (including phenoxy) is 2. The maximum atomic E-state index is 7.11. The van der Waals surface area contributed by atoms with Crippen LogP contribution >= 0.6 is 0 Å². The molecule has 0 amide bonds. The molecule has 386 valence electrons. The van der Waals surface area contributed by atoms with Gasteiger partial charge in [0.2, 0.25) is 0 Å². The molecule has 17 rings (SSSR count). The summed E-state index contributed by atoms with van der Waals surface area (Å²) in [6.45, 7) is 0. The average molecular weight is 1180 g/mol. The Kier molecular flexibility index (Phi) is 10.9. The number of para-hydroxylation sites is 8. The van der Waals surface area contributed by atoms with E-state index >= 15 is 0 Å². The Morgan fingerprint density at radius 3 is 0.988 bits per heavy atom. The fraction of sp³-hybridized carbons (Fsp3) is 0. The van der Waals surface area contributed by atoms with E-state index in [9.17, 15) is 0 Å². The maximum absolute atomic E-state index is 7.11. The molecular weight excluding hydrogens is 1130 g/mol. The van der Waals surface area contributed by atoms with E-state index < -0.39 is 0 Å². The van der Waals surface area contributed by atoms with E-state index in [1.54, 1.807) is 0 Å². The zero-order valence-corrected chi connectivity index (χ0v) is 47.4. The molecule has 4 heterocycles. The van der Waals surface area contributed by atoms with Crippen LogP contribution in [0.5, 0.6) is 23.0 Å². The minimum atomic E-state index is 0.101. The van der Waals surface area contributed by atoms with Gasteiger partial charge in [0.1, 0.15) is 0 Å². The first-order valence-corrected chi connectivity index (χ1v) is 31.0. The number of anilines is 12. The number of benzene rings is 13. The Hall–Kier alpha value is -9.78. The SMILES string of the molecule is c1ccc(N(c2ccccc2)c2ccc3c(N4c5ccccc5Oc5cc6c(cc54)[se]c4ccccc46)c4cc(N(c5ccccc5)c5ccccc5)ccc4c(N4c5ccccc5Oc5cc6c(cc54)[se]c4ccccc46)c3c2)cc1. The summed E-state index contributed by atoms with van der Waals surface area (Å²) in [5.41, 5.74) is 12.4. The summed E-state index contributed by atoms with van der Waals surface area (Å²) in [5, 5.41) is 9.38. The van der Waals surface area contributed by atoms with Crippen LogP contribution < -0.4 is 29.1 Å². The molecule has 2 aromatic heterocycles. The molecule has 0 spiro atoms. The molecule has 6 nitrogen and oxygen atoms in total. The van der Waals surface area contributed by atoms with E-state index in [1.807, 2.05) is 0 Å². The molecule has 15 aromatic rings. The summed E-state index contributed by atoms with van der Waals surface area (Å²) in [4.78, 5) is 9.79. The van der Waals surface area contributed by atoms with Gasteiger partial charge in [-0.1, -0.05) is 24.3 Å². The van der Waals surface area contributed by atoms with Gasteiger partial charge < -0.3 is 0 Å². The third kappa shape index (κ3) is 7.47. The molecule has 0 bridgehead atoms. The molecule has 0 fully saturated rings. The van der Waals surface area contributed by atoms with Gasteiger partial charge in [0.15, 0.2) is 0 Å². The van der Waals surface area contributed by atoms with Crippen LogP contribution in [0.15, 0.2) is 279 Å². The van der Waals surface area contributed by atoms with Crippen LogP contribution in [0.3, 0.4) is 0 Å². The first-order chi connectivity index (χ1) is 40.7. The van der Waals surface area contributed by atoms with E-state index in [-0.39, 0.29) is 29.0 Å². The van der Waals surface area contributed by atoms with Gasteiger partial charge in [-0.3, -0.25) is 0 Å². The Balaban J connectivity index is 1.04. The van der Waals surface area contributed by atoms with Gasteiger partial charge in [-0.15, -0.1) is 0 Å². The van der Waals surface area contributed by atoms with Crippen LogP contribution in [0.1, 0.15) is 0 Å².